The third-order valence-electron chi connectivity index (χ3n) is 6.47. The fourth-order valence-electron chi connectivity index (χ4n) is 4.55. The number of H-pyrrole nitrogens is 1. The van der Waals surface area contributed by atoms with Gasteiger partial charge < -0.3 is 19.6 Å². The molecule has 5 rings (SSSR count). The first-order valence-corrected chi connectivity index (χ1v) is 11.7. The van der Waals surface area contributed by atoms with Crippen LogP contribution in [-0.2, 0) is 10.3 Å². The molecule has 0 aliphatic carbocycles. The van der Waals surface area contributed by atoms with Crippen LogP contribution in [0, 0.1) is 26.6 Å². The van der Waals surface area contributed by atoms with Crippen molar-refractivity contribution >= 4 is 22.5 Å². The molecule has 0 saturated heterocycles. The van der Waals surface area contributed by atoms with E-state index < -0.39 is 11.6 Å². The first-order valence-electron chi connectivity index (χ1n) is 11.7. The first-order chi connectivity index (χ1) is 17.5. The lowest BCUT2D eigenvalue weighted by Crippen LogP contribution is -2.15. The highest BCUT2D eigenvalue weighted by Crippen LogP contribution is 2.42. The van der Waals surface area contributed by atoms with E-state index in [-0.39, 0.29) is 11.5 Å². The molecule has 9 heteroatoms. The Labute approximate surface area is 212 Å². The predicted octanol–water partition coefficient (Wildman–Crippen LogP) is 5.75. The number of aromatic nitrogens is 4. The summed E-state index contributed by atoms with van der Waals surface area (Å²) < 4.78 is 27.1. The van der Waals surface area contributed by atoms with Crippen LogP contribution < -0.4 is 4.74 Å². The molecule has 2 aromatic carbocycles. The monoisotopic (exact) mass is 502 g/mol. The molecule has 0 unspecified atom stereocenters. The van der Waals surface area contributed by atoms with Gasteiger partial charge in [0.25, 0.3) is 0 Å². The Kier molecular flexibility index (Phi) is 5.75. The molecule has 0 atom stereocenters. The molecule has 0 aliphatic rings. The SMILES string of the molecule is COC(=O)c1cc2c(-c3cc(C(C)(C)O)ccc3Oc3c(C)cc(F)cc3C)cn3c(C)nnc3c2[nH]1. The van der Waals surface area contributed by atoms with Crippen molar-refractivity contribution in [3.63, 3.8) is 0 Å². The highest BCUT2D eigenvalue weighted by Gasteiger charge is 2.24. The predicted molar refractivity (Wildman–Crippen MR) is 138 cm³/mol. The van der Waals surface area contributed by atoms with Gasteiger partial charge >= 0.3 is 5.97 Å². The van der Waals surface area contributed by atoms with Gasteiger partial charge in [-0.1, -0.05) is 6.07 Å². The van der Waals surface area contributed by atoms with Crippen LogP contribution in [0.2, 0.25) is 0 Å². The molecule has 0 bridgehead atoms. The number of hydrogen-bond donors (Lipinski definition) is 2. The number of rotatable bonds is 5. The normalized spacial score (nSPS) is 11.9. The van der Waals surface area contributed by atoms with Crippen molar-refractivity contribution in [1.82, 2.24) is 19.6 Å². The van der Waals surface area contributed by atoms with E-state index in [1.165, 1.54) is 19.2 Å². The third-order valence-corrected chi connectivity index (χ3v) is 6.47. The fourth-order valence-corrected chi connectivity index (χ4v) is 4.55. The number of carbonyl (C=O) groups excluding carboxylic acids is 1. The van der Waals surface area contributed by atoms with Gasteiger partial charge in [0.1, 0.15) is 28.8 Å². The van der Waals surface area contributed by atoms with Gasteiger partial charge in [-0.05, 0) is 81.6 Å². The number of halogens is 1. The molecule has 0 amide bonds. The van der Waals surface area contributed by atoms with E-state index in [0.29, 0.717) is 56.1 Å². The summed E-state index contributed by atoms with van der Waals surface area (Å²) in [5.41, 5.74) is 3.65. The number of aryl methyl sites for hydroxylation is 3. The summed E-state index contributed by atoms with van der Waals surface area (Å²) >= 11 is 0. The Balaban J connectivity index is 1.83. The van der Waals surface area contributed by atoms with Crippen molar-refractivity contribution in [2.45, 2.75) is 40.2 Å². The van der Waals surface area contributed by atoms with E-state index in [9.17, 15) is 14.3 Å². The molecule has 2 N–H and O–H groups in total. The number of ether oxygens (including phenoxy) is 2. The van der Waals surface area contributed by atoms with Crippen molar-refractivity contribution in [2.24, 2.45) is 0 Å². The second kappa shape index (κ2) is 8.70. The Hall–Kier alpha value is -4.24. The van der Waals surface area contributed by atoms with Gasteiger partial charge in [-0.25, -0.2) is 9.18 Å². The van der Waals surface area contributed by atoms with Crippen LogP contribution in [0.15, 0.2) is 42.6 Å². The summed E-state index contributed by atoms with van der Waals surface area (Å²) in [6, 6.07) is 9.99. The smallest absolute Gasteiger partial charge is 0.354 e. The summed E-state index contributed by atoms with van der Waals surface area (Å²) in [5.74, 6) is 0.839. The van der Waals surface area contributed by atoms with Crippen molar-refractivity contribution < 1.29 is 23.8 Å². The average molecular weight is 503 g/mol. The van der Waals surface area contributed by atoms with Crippen molar-refractivity contribution in [2.75, 3.05) is 7.11 Å². The highest BCUT2D eigenvalue weighted by molar-refractivity contribution is 6.06. The molecule has 0 saturated carbocycles. The van der Waals surface area contributed by atoms with E-state index in [0.717, 1.165) is 5.56 Å². The molecule has 3 heterocycles. The lowest BCUT2D eigenvalue weighted by atomic mass is 9.93. The summed E-state index contributed by atoms with van der Waals surface area (Å²) in [5, 5.41) is 20.0. The maximum atomic E-state index is 14.0. The zero-order chi connectivity index (χ0) is 26.6. The zero-order valence-corrected chi connectivity index (χ0v) is 21.4. The van der Waals surface area contributed by atoms with Crippen LogP contribution >= 0.6 is 0 Å². The van der Waals surface area contributed by atoms with E-state index in [1.54, 1.807) is 45.9 Å². The zero-order valence-electron chi connectivity index (χ0n) is 21.4. The Bertz CT molecular complexity index is 1670. The maximum absolute atomic E-state index is 14.0. The molecule has 3 aromatic heterocycles. The van der Waals surface area contributed by atoms with E-state index in [2.05, 4.69) is 15.2 Å². The van der Waals surface area contributed by atoms with Crippen LogP contribution in [0.3, 0.4) is 0 Å². The third kappa shape index (κ3) is 4.21. The van der Waals surface area contributed by atoms with Gasteiger partial charge in [0.05, 0.1) is 18.2 Å². The topological polar surface area (TPSA) is 102 Å². The van der Waals surface area contributed by atoms with Crippen LogP contribution in [-0.4, -0.2) is 37.8 Å². The van der Waals surface area contributed by atoms with Gasteiger partial charge in [0.2, 0.25) is 0 Å². The number of methoxy groups -OCH3 is 1. The Morgan fingerprint density at radius 3 is 2.41 bits per heavy atom. The molecule has 0 radical (unpaired) electrons. The van der Waals surface area contributed by atoms with Crippen LogP contribution in [0.5, 0.6) is 11.5 Å². The number of benzene rings is 2. The number of aliphatic hydroxyl groups is 1. The molecule has 5 aromatic rings. The number of hydrogen-bond acceptors (Lipinski definition) is 6. The summed E-state index contributed by atoms with van der Waals surface area (Å²) in [4.78, 5) is 15.5. The second-order valence-electron chi connectivity index (χ2n) is 9.69. The fraction of sp³-hybridized carbons (Fsp3) is 0.250. The summed E-state index contributed by atoms with van der Waals surface area (Å²) in [7, 11) is 1.32. The van der Waals surface area contributed by atoms with Gasteiger partial charge in [-0.2, -0.15) is 0 Å². The number of fused-ring (bicyclic) bond motifs is 3. The number of nitrogens with zero attached hydrogens (tertiary/aromatic N) is 3. The molecule has 37 heavy (non-hydrogen) atoms. The number of carbonyl (C=O) groups is 1. The maximum Gasteiger partial charge on any atom is 0.354 e. The second-order valence-corrected chi connectivity index (χ2v) is 9.69. The minimum absolute atomic E-state index is 0.263. The van der Waals surface area contributed by atoms with Gasteiger partial charge in [0.15, 0.2) is 5.65 Å². The Morgan fingerprint density at radius 1 is 1.05 bits per heavy atom. The lowest BCUT2D eigenvalue weighted by Gasteiger charge is -2.22. The molecular weight excluding hydrogens is 475 g/mol. The number of nitrogens with one attached hydrogen (secondary N) is 1. The van der Waals surface area contributed by atoms with Crippen LogP contribution in [0.4, 0.5) is 4.39 Å². The average Bonchev–Trinajstić information content (AvgIpc) is 3.44. The van der Waals surface area contributed by atoms with Gasteiger partial charge in [-0.3, -0.25) is 4.40 Å². The minimum Gasteiger partial charge on any atom is -0.464 e. The summed E-state index contributed by atoms with van der Waals surface area (Å²) in [6.07, 6.45) is 1.88. The molecule has 0 fully saturated rings. The quantitative estimate of drug-likeness (QED) is 0.297. The summed E-state index contributed by atoms with van der Waals surface area (Å²) in [6.45, 7) is 8.81. The molecular formula is C28H27FN4O4. The standard InChI is InChI=1S/C28H27FN4O4/c1-14-9-18(29)10-15(2)25(14)37-23-8-7-17(28(4,5)35)11-19(23)21-13-33-16(3)31-32-26(33)24-20(21)12-22(30-24)27(34)36-6/h7-13,30,35H,1-6H3. The highest BCUT2D eigenvalue weighted by atomic mass is 19.1. The molecule has 190 valence electrons. The van der Waals surface area contributed by atoms with E-state index >= 15 is 0 Å². The van der Waals surface area contributed by atoms with E-state index in [4.69, 9.17) is 9.47 Å². The lowest BCUT2D eigenvalue weighted by molar-refractivity contribution is 0.0595. The van der Waals surface area contributed by atoms with Gasteiger partial charge in [-0.15, -0.1) is 10.2 Å². The van der Waals surface area contributed by atoms with Crippen LogP contribution in [0.25, 0.3) is 27.7 Å². The van der Waals surface area contributed by atoms with E-state index in [1.807, 2.05) is 23.6 Å². The molecule has 8 nitrogen and oxygen atoms in total. The number of aromatic amines is 1. The first kappa shape index (κ1) is 24.5. The molecule has 0 spiro atoms. The number of pyridine rings is 1. The van der Waals surface area contributed by atoms with Crippen LogP contribution in [0.1, 0.15) is 46.9 Å². The van der Waals surface area contributed by atoms with Gasteiger partial charge in [0, 0.05) is 22.7 Å². The Morgan fingerprint density at radius 2 is 1.76 bits per heavy atom. The number of esters is 1. The van der Waals surface area contributed by atoms with Crippen molar-refractivity contribution in [3.8, 4) is 22.6 Å². The molecule has 0 aliphatic heterocycles. The largest absolute Gasteiger partial charge is 0.464 e. The van der Waals surface area contributed by atoms with Crippen molar-refractivity contribution in [1.29, 1.82) is 0 Å². The minimum atomic E-state index is -1.12. The van der Waals surface area contributed by atoms with Crippen molar-refractivity contribution in [3.05, 3.63) is 76.6 Å².